The number of rotatable bonds is 5. The van der Waals surface area contributed by atoms with Crippen molar-refractivity contribution in [1.82, 2.24) is 10.1 Å². The van der Waals surface area contributed by atoms with Crippen LogP contribution in [0, 0.1) is 5.92 Å². The quantitative estimate of drug-likeness (QED) is 0.833. The molecule has 2 heterocycles. The molecule has 1 aliphatic heterocycles. The second-order valence-electron chi connectivity index (χ2n) is 5.39. The molecule has 1 atom stereocenters. The predicted octanol–water partition coefficient (Wildman–Crippen LogP) is 1.05. The van der Waals surface area contributed by atoms with E-state index in [-0.39, 0.29) is 18.4 Å². The van der Waals surface area contributed by atoms with Gasteiger partial charge in [0.05, 0.1) is 12.2 Å². The largest absolute Gasteiger partial charge is 0.396 e. The molecule has 0 radical (unpaired) electrons. The minimum Gasteiger partial charge on any atom is -0.396 e. The molecule has 1 aliphatic rings. The molecule has 1 unspecified atom stereocenters. The van der Waals surface area contributed by atoms with E-state index in [1.807, 2.05) is 18.7 Å². The molecule has 6 nitrogen and oxygen atoms in total. The van der Waals surface area contributed by atoms with Gasteiger partial charge in [0.1, 0.15) is 0 Å². The van der Waals surface area contributed by atoms with Gasteiger partial charge in [-0.3, -0.25) is 15.0 Å². The second-order valence-corrected chi connectivity index (χ2v) is 5.39. The molecule has 1 aromatic heterocycles. The van der Waals surface area contributed by atoms with Crippen LogP contribution in [0.3, 0.4) is 0 Å². The second kappa shape index (κ2) is 6.16. The number of likely N-dealkylation sites (tertiary alicyclic amines) is 1. The Morgan fingerprint density at radius 2 is 2.47 bits per heavy atom. The van der Waals surface area contributed by atoms with Crippen molar-refractivity contribution < 1.29 is 14.4 Å². The first-order valence-electron chi connectivity index (χ1n) is 6.68. The zero-order valence-electron chi connectivity index (χ0n) is 11.4. The molecule has 6 heteroatoms. The fourth-order valence-electron chi connectivity index (χ4n) is 2.21. The number of anilines is 1. The average molecular weight is 267 g/mol. The number of aliphatic hydroxyl groups is 1. The summed E-state index contributed by atoms with van der Waals surface area (Å²) in [6.07, 6.45) is 0.948. The highest BCUT2D eigenvalue weighted by Gasteiger charge is 2.23. The molecular weight excluding hydrogens is 246 g/mol. The van der Waals surface area contributed by atoms with Gasteiger partial charge in [-0.2, -0.15) is 0 Å². The first kappa shape index (κ1) is 14.0. The zero-order chi connectivity index (χ0) is 13.8. The van der Waals surface area contributed by atoms with E-state index in [9.17, 15) is 4.79 Å². The summed E-state index contributed by atoms with van der Waals surface area (Å²) in [6.45, 7) is 6.18. The van der Waals surface area contributed by atoms with Crippen LogP contribution in [0.4, 0.5) is 5.88 Å². The topological polar surface area (TPSA) is 78.6 Å². The van der Waals surface area contributed by atoms with E-state index >= 15 is 0 Å². The third kappa shape index (κ3) is 3.78. The van der Waals surface area contributed by atoms with Crippen molar-refractivity contribution in [2.24, 2.45) is 5.92 Å². The summed E-state index contributed by atoms with van der Waals surface area (Å²) in [6, 6.07) is 1.75. The van der Waals surface area contributed by atoms with Crippen LogP contribution < -0.4 is 5.32 Å². The van der Waals surface area contributed by atoms with Crippen molar-refractivity contribution in [2.45, 2.75) is 26.2 Å². The maximum absolute atomic E-state index is 11.8. The van der Waals surface area contributed by atoms with Gasteiger partial charge in [-0.25, -0.2) is 0 Å². The molecule has 106 valence electrons. The first-order valence-corrected chi connectivity index (χ1v) is 6.68. The Balaban J connectivity index is 1.81. The minimum atomic E-state index is -0.106. The number of aliphatic hydroxyl groups excluding tert-OH is 1. The standard InChI is InChI=1S/C13H21N3O3/c1-9(2)11-5-13(19-15-11)14-12(18)7-16-4-3-10(6-16)8-17/h5,9-10,17H,3-4,6-8H2,1-2H3,(H,14,18). The molecule has 0 saturated carbocycles. The van der Waals surface area contributed by atoms with Gasteiger partial charge in [0.2, 0.25) is 11.8 Å². The molecule has 2 rings (SSSR count). The monoisotopic (exact) mass is 267 g/mol. The fourth-order valence-corrected chi connectivity index (χ4v) is 2.21. The van der Waals surface area contributed by atoms with Crippen molar-refractivity contribution in [3.63, 3.8) is 0 Å². The number of nitrogens with one attached hydrogen (secondary N) is 1. The maximum Gasteiger partial charge on any atom is 0.240 e. The van der Waals surface area contributed by atoms with Crippen LogP contribution in [0.25, 0.3) is 0 Å². The lowest BCUT2D eigenvalue weighted by Gasteiger charge is -2.14. The van der Waals surface area contributed by atoms with E-state index in [4.69, 9.17) is 9.63 Å². The SMILES string of the molecule is CC(C)c1cc(NC(=O)CN2CCC(CO)C2)on1. The molecular formula is C13H21N3O3. The normalized spacial score (nSPS) is 20.1. The van der Waals surface area contributed by atoms with Gasteiger partial charge in [-0.05, 0) is 24.8 Å². The lowest BCUT2D eigenvalue weighted by molar-refractivity contribution is -0.117. The van der Waals surface area contributed by atoms with E-state index in [0.717, 1.165) is 25.2 Å². The molecule has 1 aromatic rings. The summed E-state index contributed by atoms with van der Waals surface area (Å²) in [7, 11) is 0. The van der Waals surface area contributed by atoms with Crippen LogP contribution in [0.2, 0.25) is 0 Å². The summed E-state index contributed by atoms with van der Waals surface area (Å²) in [5.41, 5.74) is 0.830. The summed E-state index contributed by atoms with van der Waals surface area (Å²) in [5, 5.41) is 15.7. The van der Waals surface area contributed by atoms with Gasteiger partial charge < -0.3 is 9.63 Å². The van der Waals surface area contributed by atoms with Crippen molar-refractivity contribution in [3.05, 3.63) is 11.8 Å². The molecule has 1 saturated heterocycles. The average Bonchev–Trinajstić information content (AvgIpc) is 2.98. The van der Waals surface area contributed by atoms with Crippen LogP contribution in [0.1, 0.15) is 31.9 Å². The highest BCUT2D eigenvalue weighted by Crippen LogP contribution is 2.18. The number of carbonyl (C=O) groups excluding carboxylic acids is 1. The molecule has 2 N–H and O–H groups in total. The number of aromatic nitrogens is 1. The molecule has 0 bridgehead atoms. The number of carbonyl (C=O) groups is 1. The lowest BCUT2D eigenvalue weighted by Crippen LogP contribution is -2.31. The smallest absolute Gasteiger partial charge is 0.240 e. The summed E-state index contributed by atoms with van der Waals surface area (Å²) < 4.78 is 5.06. The highest BCUT2D eigenvalue weighted by atomic mass is 16.5. The molecule has 0 spiro atoms. The Kier molecular flexibility index (Phi) is 4.55. The summed E-state index contributed by atoms with van der Waals surface area (Å²) >= 11 is 0. The maximum atomic E-state index is 11.8. The number of nitrogens with zero attached hydrogens (tertiary/aromatic N) is 2. The Bertz CT molecular complexity index is 431. The molecule has 1 amide bonds. The van der Waals surface area contributed by atoms with E-state index in [1.165, 1.54) is 0 Å². The third-order valence-electron chi connectivity index (χ3n) is 3.38. The molecule has 19 heavy (non-hydrogen) atoms. The van der Waals surface area contributed by atoms with Gasteiger partial charge in [0.25, 0.3) is 0 Å². The van der Waals surface area contributed by atoms with Crippen molar-refractivity contribution in [3.8, 4) is 0 Å². The van der Waals surface area contributed by atoms with Gasteiger partial charge in [-0.15, -0.1) is 0 Å². The zero-order valence-corrected chi connectivity index (χ0v) is 11.4. The third-order valence-corrected chi connectivity index (χ3v) is 3.38. The molecule has 0 aromatic carbocycles. The highest BCUT2D eigenvalue weighted by molar-refractivity contribution is 5.91. The van der Waals surface area contributed by atoms with Gasteiger partial charge in [-0.1, -0.05) is 19.0 Å². The van der Waals surface area contributed by atoms with E-state index in [2.05, 4.69) is 10.5 Å². The number of hydrogen-bond acceptors (Lipinski definition) is 5. The van der Waals surface area contributed by atoms with Crippen LogP contribution in [-0.4, -0.2) is 47.3 Å². The van der Waals surface area contributed by atoms with Crippen molar-refractivity contribution in [1.29, 1.82) is 0 Å². The van der Waals surface area contributed by atoms with E-state index in [0.29, 0.717) is 18.3 Å². The molecule has 0 aliphatic carbocycles. The Morgan fingerprint density at radius 1 is 1.68 bits per heavy atom. The Hall–Kier alpha value is -1.40. The van der Waals surface area contributed by atoms with Gasteiger partial charge in [0, 0.05) is 19.2 Å². The van der Waals surface area contributed by atoms with Crippen LogP contribution in [0.15, 0.2) is 10.6 Å². The van der Waals surface area contributed by atoms with Crippen LogP contribution in [0.5, 0.6) is 0 Å². The van der Waals surface area contributed by atoms with Crippen LogP contribution >= 0.6 is 0 Å². The predicted molar refractivity (Wildman–Crippen MR) is 70.9 cm³/mol. The summed E-state index contributed by atoms with van der Waals surface area (Å²) in [5.74, 6) is 0.862. The minimum absolute atomic E-state index is 0.106. The van der Waals surface area contributed by atoms with Gasteiger partial charge in [0.15, 0.2) is 0 Å². The molecule has 1 fully saturated rings. The van der Waals surface area contributed by atoms with Gasteiger partial charge >= 0.3 is 0 Å². The lowest BCUT2D eigenvalue weighted by atomic mass is 10.1. The van der Waals surface area contributed by atoms with E-state index < -0.39 is 0 Å². The summed E-state index contributed by atoms with van der Waals surface area (Å²) in [4.78, 5) is 13.9. The van der Waals surface area contributed by atoms with Crippen LogP contribution in [-0.2, 0) is 4.79 Å². The Labute approximate surface area is 112 Å². The number of hydrogen-bond donors (Lipinski definition) is 2. The van der Waals surface area contributed by atoms with Crippen molar-refractivity contribution >= 4 is 11.8 Å². The fraction of sp³-hybridized carbons (Fsp3) is 0.692. The Morgan fingerprint density at radius 3 is 3.05 bits per heavy atom. The number of amides is 1. The van der Waals surface area contributed by atoms with E-state index in [1.54, 1.807) is 6.07 Å². The first-order chi connectivity index (χ1) is 9.08. The van der Waals surface area contributed by atoms with Crippen molar-refractivity contribution in [2.75, 3.05) is 31.6 Å².